The molecule has 2 aliphatic carbocycles. The maximum absolute atomic E-state index is 6.99. The van der Waals surface area contributed by atoms with Crippen LogP contribution in [-0.2, 0) is 9.26 Å². The van der Waals surface area contributed by atoms with Crippen molar-refractivity contribution >= 4 is 14.0 Å². The molecule has 1 saturated carbocycles. The molecule has 2 rings (SSSR count). The van der Waals surface area contributed by atoms with E-state index in [0.29, 0.717) is 17.9 Å². The summed E-state index contributed by atoms with van der Waals surface area (Å²) in [5.74, 6) is 1.18. The molecule has 0 aromatic heterocycles. The van der Waals surface area contributed by atoms with Crippen LogP contribution in [-0.4, -0.2) is 27.2 Å². The van der Waals surface area contributed by atoms with Crippen molar-refractivity contribution in [3.05, 3.63) is 23.8 Å². The summed E-state index contributed by atoms with van der Waals surface area (Å²) in [5, 5.41) is 4.50. The Bertz CT molecular complexity index is 708. The number of nitrogens with zero attached hydrogens (tertiary/aromatic N) is 1. The lowest BCUT2D eigenvalue weighted by atomic mass is 9.63. The molecule has 0 heterocycles. The van der Waals surface area contributed by atoms with Crippen LogP contribution in [0, 0.1) is 22.7 Å². The van der Waals surface area contributed by atoms with E-state index >= 15 is 0 Å². The first-order valence-electron chi connectivity index (χ1n) is 12.3. The average Bonchev–Trinajstić information content (AvgIpc) is 2.97. The molecule has 1 fully saturated rings. The van der Waals surface area contributed by atoms with Crippen molar-refractivity contribution in [1.29, 1.82) is 0 Å². The van der Waals surface area contributed by atoms with Crippen molar-refractivity contribution in [2.45, 2.75) is 112 Å². The van der Waals surface area contributed by atoms with Crippen molar-refractivity contribution in [1.82, 2.24) is 0 Å². The number of rotatable bonds is 7. The number of fused-ring (bicyclic) bond motifs is 1. The Labute approximate surface area is 193 Å². The van der Waals surface area contributed by atoms with Gasteiger partial charge in [0, 0.05) is 11.5 Å². The van der Waals surface area contributed by atoms with Gasteiger partial charge in [0.1, 0.15) is 7.11 Å². The van der Waals surface area contributed by atoms with E-state index in [1.807, 2.05) is 0 Å². The summed E-state index contributed by atoms with van der Waals surface area (Å²) in [7, 11) is -0.130. The number of allylic oxidation sites excluding steroid dienone is 4. The third-order valence-electron chi connectivity index (χ3n) is 8.21. The van der Waals surface area contributed by atoms with Crippen LogP contribution >= 0.6 is 0 Å². The van der Waals surface area contributed by atoms with Crippen molar-refractivity contribution in [2.24, 2.45) is 27.8 Å². The topological polar surface area (TPSA) is 30.8 Å². The van der Waals surface area contributed by atoms with Gasteiger partial charge in [-0.05, 0) is 67.1 Å². The van der Waals surface area contributed by atoms with Crippen LogP contribution in [0.2, 0.25) is 18.1 Å². The highest BCUT2D eigenvalue weighted by atomic mass is 28.4. The van der Waals surface area contributed by atoms with Gasteiger partial charge in [0.25, 0.3) is 0 Å². The van der Waals surface area contributed by atoms with Crippen molar-refractivity contribution in [3.8, 4) is 0 Å². The molecule has 0 saturated heterocycles. The Morgan fingerprint density at radius 2 is 1.90 bits per heavy atom. The van der Waals surface area contributed by atoms with Crippen molar-refractivity contribution < 1.29 is 9.26 Å². The average molecular weight is 448 g/mol. The molecule has 0 bridgehead atoms. The first-order chi connectivity index (χ1) is 14.1. The standard InChI is InChI=1S/C27H49NO2Si/c1-20(14-12-16-24(28-29-9)25(2,3)4)21-17-18-22-23(15-13-19-27(21,22)8)30-31(10,11)26(5,6)7/h12,16-17,20,22-23H,13-15,18-19H2,1-11H3/b16-12+,28-24+. The van der Waals surface area contributed by atoms with Gasteiger partial charge in [0.2, 0.25) is 0 Å². The molecule has 2 aliphatic rings. The first-order valence-corrected chi connectivity index (χ1v) is 15.2. The SMILES string of the molecule is CO/N=C(\C=C\CC(C)C1=CCC2C(O[Si](C)(C)C(C)(C)C)CCCC12C)C(C)(C)C. The van der Waals surface area contributed by atoms with E-state index in [-0.39, 0.29) is 15.9 Å². The fraction of sp³-hybridized carbons (Fsp3) is 0.815. The smallest absolute Gasteiger partial charge is 0.192 e. The maximum atomic E-state index is 6.99. The Morgan fingerprint density at radius 3 is 2.45 bits per heavy atom. The minimum atomic E-state index is -1.75. The van der Waals surface area contributed by atoms with E-state index in [4.69, 9.17) is 9.26 Å². The molecular formula is C27H49NO2Si. The monoisotopic (exact) mass is 447 g/mol. The molecule has 0 spiro atoms. The molecule has 178 valence electrons. The summed E-state index contributed by atoms with van der Waals surface area (Å²) in [5.41, 5.74) is 2.92. The van der Waals surface area contributed by atoms with Gasteiger partial charge in [0.15, 0.2) is 8.32 Å². The van der Waals surface area contributed by atoms with E-state index in [1.54, 1.807) is 12.7 Å². The highest BCUT2D eigenvalue weighted by molar-refractivity contribution is 6.74. The molecule has 0 radical (unpaired) electrons. The second-order valence-electron chi connectivity index (χ2n) is 12.7. The fourth-order valence-electron chi connectivity index (χ4n) is 5.21. The van der Waals surface area contributed by atoms with Gasteiger partial charge in [-0.3, -0.25) is 0 Å². The zero-order valence-corrected chi connectivity index (χ0v) is 23.3. The fourth-order valence-corrected chi connectivity index (χ4v) is 6.60. The number of hydrogen-bond donors (Lipinski definition) is 0. The molecule has 0 aliphatic heterocycles. The van der Waals surface area contributed by atoms with Crippen LogP contribution in [0.15, 0.2) is 29.0 Å². The first kappa shape index (κ1) is 26.4. The predicted molar refractivity (Wildman–Crippen MR) is 137 cm³/mol. The van der Waals surface area contributed by atoms with Gasteiger partial charge in [0.05, 0.1) is 5.71 Å². The normalized spacial score (nSPS) is 29.1. The highest BCUT2D eigenvalue weighted by Gasteiger charge is 2.51. The molecule has 0 N–H and O–H groups in total. The van der Waals surface area contributed by atoms with E-state index in [0.717, 1.165) is 12.1 Å². The summed E-state index contributed by atoms with van der Waals surface area (Å²) in [6.07, 6.45) is 13.4. The molecule has 4 atom stereocenters. The van der Waals surface area contributed by atoms with Gasteiger partial charge in [-0.2, -0.15) is 0 Å². The molecule has 4 unspecified atom stereocenters. The zero-order valence-electron chi connectivity index (χ0n) is 22.3. The van der Waals surface area contributed by atoms with Gasteiger partial charge < -0.3 is 9.26 Å². The summed E-state index contributed by atoms with van der Waals surface area (Å²) in [6, 6.07) is 0. The Balaban J connectivity index is 2.11. The van der Waals surface area contributed by atoms with Gasteiger partial charge >= 0.3 is 0 Å². The van der Waals surface area contributed by atoms with E-state index < -0.39 is 8.32 Å². The second kappa shape index (κ2) is 9.55. The van der Waals surface area contributed by atoms with E-state index in [9.17, 15) is 0 Å². The molecule has 31 heavy (non-hydrogen) atoms. The second-order valence-corrected chi connectivity index (χ2v) is 17.4. The molecule has 0 amide bonds. The summed E-state index contributed by atoms with van der Waals surface area (Å²) in [6.45, 7) is 23.3. The minimum absolute atomic E-state index is 0.0167. The van der Waals surface area contributed by atoms with Gasteiger partial charge in [-0.1, -0.05) is 84.7 Å². The van der Waals surface area contributed by atoms with Crippen LogP contribution < -0.4 is 0 Å². The van der Waals surface area contributed by atoms with E-state index in [1.165, 1.54) is 25.7 Å². The van der Waals surface area contributed by atoms with Crippen LogP contribution in [0.4, 0.5) is 0 Å². The van der Waals surface area contributed by atoms with Crippen LogP contribution in [0.3, 0.4) is 0 Å². The molecule has 4 heteroatoms. The lowest BCUT2D eigenvalue weighted by Gasteiger charge is -2.49. The summed E-state index contributed by atoms with van der Waals surface area (Å²) < 4.78 is 6.99. The summed E-state index contributed by atoms with van der Waals surface area (Å²) >= 11 is 0. The van der Waals surface area contributed by atoms with Crippen LogP contribution in [0.25, 0.3) is 0 Å². The predicted octanol–water partition coefficient (Wildman–Crippen LogP) is 8.14. The minimum Gasteiger partial charge on any atom is -0.414 e. The quantitative estimate of drug-likeness (QED) is 0.171. The molecule has 3 nitrogen and oxygen atoms in total. The van der Waals surface area contributed by atoms with Crippen LogP contribution in [0.1, 0.15) is 87.5 Å². The lowest BCUT2D eigenvalue weighted by molar-refractivity contribution is 0.0162. The molecule has 0 aromatic carbocycles. The largest absolute Gasteiger partial charge is 0.414 e. The third kappa shape index (κ3) is 5.93. The Hall–Kier alpha value is -0.873. The number of hydrogen-bond acceptors (Lipinski definition) is 3. The van der Waals surface area contributed by atoms with Crippen molar-refractivity contribution in [2.75, 3.05) is 7.11 Å². The van der Waals surface area contributed by atoms with Crippen molar-refractivity contribution in [3.63, 3.8) is 0 Å². The third-order valence-corrected chi connectivity index (χ3v) is 12.7. The summed E-state index contributed by atoms with van der Waals surface area (Å²) in [4.78, 5) is 5.06. The zero-order chi connectivity index (χ0) is 23.7. The maximum Gasteiger partial charge on any atom is 0.192 e. The van der Waals surface area contributed by atoms with E-state index in [2.05, 4.69) is 91.9 Å². The van der Waals surface area contributed by atoms with Gasteiger partial charge in [-0.15, -0.1) is 0 Å². The number of oxime groups is 1. The Kier molecular flexibility index (Phi) is 8.12. The highest BCUT2D eigenvalue weighted by Crippen LogP contribution is 2.56. The van der Waals surface area contributed by atoms with Crippen LogP contribution in [0.5, 0.6) is 0 Å². The Morgan fingerprint density at radius 1 is 1.26 bits per heavy atom. The lowest BCUT2D eigenvalue weighted by Crippen LogP contribution is -2.49. The molecule has 0 aromatic rings. The van der Waals surface area contributed by atoms with Gasteiger partial charge in [-0.25, -0.2) is 0 Å². The molecular weight excluding hydrogens is 398 g/mol.